The second-order valence-corrected chi connectivity index (χ2v) is 17.5. The molecular weight excluding hydrogens is 532 g/mol. The van der Waals surface area contributed by atoms with Gasteiger partial charge in [0.1, 0.15) is 5.75 Å². The van der Waals surface area contributed by atoms with Crippen molar-refractivity contribution in [2.24, 2.45) is 57.7 Å². The average molecular weight is 593 g/mol. The van der Waals surface area contributed by atoms with Crippen molar-refractivity contribution in [1.29, 1.82) is 0 Å². The van der Waals surface area contributed by atoms with Crippen molar-refractivity contribution in [1.82, 2.24) is 0 Å². The molecule has 14 atom stereocenters. The molecule has 240 valence electrons. The van der Waals surface area contributed by atoms with E-state index in [-0.39, 0.29) is 23.7 Å². The number of phenolic OH excluding ortho intramolecular Hbond substituents is 1. The number of aliphatic hydroxyl groups excluding tert-OH is 3. The molecule has 6 saturated carbocycles. The summed E-state index contributed by atoms with van der Waals surface area (Å²) in [5, 5.41) is 40.5. The third kappa shape index (κ3) is 4.77. The zero-order chi connectivity index (χ0) is 30.3. The molecule has 0 aromatic heterocycles. The number of aryl methyl sites for hydroxylation is 1. The van der Waals surface area contributed by atoms with Crippen molar-refractivity contribution in [3.05, 3.63) is 29.3 Å². The van der Waals surface area contributed by atoms with Crippen LogP contribution in [0.5, 0.6) is 5.75 Å². The standard InChI is InChI=1S/C21H36O2.C18H24O2/c1-13(22)17-6-7-18-16-5-4-14-12-15(23)8-10-20(14,2)19(16)9-11-21(17,18)3;1-18-9-8-14-13-5-3-12(19)10-11(13)2-4-15(14)16(18)6-7-17(18)20/h13-19,22-23H,4-12H2,1-3H3;3,5,10,14-17,19-20H,2,4,6-9H2,1H3/t13-,14+,15+,16-,17+,18-,19-,20-,21+;14-,15-,16+,17+,18+/m01/s1. The Labute approximate surface area is 261 Å². The molecule has 8 rings (SSSR count). The lowest BCUT2D eigenvalue weighted by molar-refractivity contribution is -0.132. The number of aliphatic hydroxyl groups is 3. The molecule has 0 aliphatic heterocycles. The van der Waals surface area contributed by atoms with Crippen LogP contribution >= 0.6 is 0 Å². The predicted octanol–water partition coefficient (Wildman–Crippen LogP) is 8.00. The fourth-order valence-electron chi connectivity index (χ4n) is 13.6. The van der Waals surface area contributed by atoms with Crippen LogP contribution in [0.4, 0.5) is 0 Å². The number of fused-ring (bicyclic) bond motifs is 10. The lowest BCUT2D eigenvalue weighted by Crippen LogP contribution is -2.54. The van der Waals surface area contributed by atoms with Crippen LogP contribution in [0.2, 0.25) is 0 Å². The molecule has 7 aliphatic rings. The summed E-state index contributed by atoms with van der Waals surface area (Å²) in [5.41, 5.74) is 3.85. The zero-order valence-corrected chi connectivity index (χ0v) is 27.5. The highest BCUT2D eigenvalue weighted by atomic mass is 16.3. The number of benzene rings is 1. The van der Waals surface area contributed by atoms with E-state index in [1.165, 1.54) is 75.3 Å². The van der Waals surface area contributed by atoms with Crippen molar-refractivity contribution in [2.75, 3.05) is 0 Å². The molecule has 0 heterocycles. The smallest absolute Gasteiger partial charge is 0.115 e. The van der Waals surface area contributed by atoms with Gasteiger partial charge in [-0.1, -0.05) is 26.8 Å². The number of phenols is 1. The molecular formula is C39H60O4. The highest BCUT2D eigenvalue weighted by Gasteiger charge is 2.60. The van der Waals surface area contributed by atoms with E-state index < -0.39 is 0 Å². The summed E-state index contributed by atoms with van der Waals surface area (Å²) in [6.07, 6.45) is 17.9. The minimum absolute atomic E-state index is 0.0374. The maximum Gasteiger partial charge on any atom is 0.115 e. The van der Waals surface area contributed by atoms with Crippen molar-refractivity contribution in [2.45, 2.75) is 148 Å². The van der Waals surface area contributed by atoms with Gasteiger partial charge in [0.05, 0.1) is 18.3 Å². The SMILES string of the molecule is C[C@H](O)[C@H]1CC[C@H]2[C@@H]3CC[C@@H]4C[C@H](O)CC[C@]4(C)[C@H]3CC[C@]12C.C[C@]12CC[C@@H]3c4ccc(O)cc4CC[C@H]3[C@@H]1CC[C@@H]2O. The van der Waals surface area contributed by atoms with E-state index >= 15 is 0 Å². The van der Waals surface area contributed by atoms with Gasteiger partial charge in [0.2, 0.25) is 0 Å². The summed E-state index contributed by atoms with van der Waals surface area (Å²) in [6.45, 7) is 9.39. The first-order valence-electron chi connectivity index (χ1n) is 18.3. The quantitative estimate of drug-likeness (QED) is 0.266. The maximum absolute atomic E-state index is 10.4. The molecule has 43 heavy (non-hydrogen) atoms. The van der Waals surface area contributed by atoms with Crippen molar-refractivity contribution in [3.63, 3.8) is 0 Å². The first kappa shape index (κ1) is 30.5. The normalized spacial score (nSPS) is 50.5. The van der Waals surface area contributed by atoms with Crippen LogP contribution in [0.15, 0.2) is 18.2 Å². The summed E-state index contributed by atoms with van der Waals surface area (Å²) in [6, 6.07) is 5.96. The highest BCUT2D eigenvalue weighted by Crippen LogP contribution is 2.68. The van der Waals surface area contributed by atoms with Crippen LogP contribution in [0.25, 0.3) is 0 Å². The van der Waals surface area contributed by atoms with Crippen LogP contribution in [0, 0.1) is 57.7 Å². The van der Waals surface area contributed by atoms with Crippen molar-refractivity contribution >= 4 is 0 Å². The lowest BCUT2D eigenvalue weighted by Gasteiger charge is -2.61. The third-order valence-corrected chi connectivity index (χ3v) is 16.0. The molecule has 6 fully saturated rings. The number of rotatable bonds is 1. The summed E-state index contributed by atoms with van der Waals surface area (Å²) >= 11 is 0. The first-order valence-corrected chi connectivity index (χ1v) is 18.3. The third-order valence-electron chi connectivity index (χ3n) is 16.0. The van der Waals surface area contributed by atoms with Crippen LogP contribution in [0.1, 0.15) is 135 Å². The Hall–Kier alpha value is -1.10. The summed E-state index contributed by atoms with van der Waals surface area (Å²) < 4.78 is 0. The van der Waals surface area contributed by atoms with Gasteiger partial charge < -0.3 is 20.4 Å². The van der Waals surface area contributed by atoms with Crippen LogP contribution < -0.4 is 0 Å². The molecule has 7 aliphatic carbocycles. The largest absolute Gasteiger partial charge is 0.508 e. The lowest BCUT2D eigenvalue weighted by atomic mass is 9.44. The van der Waals surface area contributed by atoms with Crippen molar-refractivity contribution < 1.29 is 20.4 Å². The Kier molecular flexibility index (Phi) is 7.82. The molecule has 4 heteroatoms. The van der Waals surface area contributed by atoms with Crippen molar-refractivity contribution in [3.8, 4) is 5.75 Å². The van der Waals surface area contributed by atoms with Gasteiger partial charge in [0, 0.05) is 0 Å². The van der Waals surface area contributed by atoms with E-state index in [0.29, 0.717) is 34.3 Å². The van der Waals surface area contributed by atoms with Gasteiger partial charge in [0.15, 0.2) is 0 Å². The summed E-state index contributed by atoms with van der Waals surface area (Å²) in [4.78, 5) is 0. The molecule has 0 amide bonds. The van der Waals surface area contributed by atoms with Crippen LogP contribution in [-0.4, -0.2) is 38.7 Å². The molecule has 0 saturated heterocycles. The van der Waals surface area contributed by atoms with E-state index in [1.807, 2.05) is 19.1 Å². The highest BCUT2D eigenvalue weighted by molar-refractivity contribution is 5.40. The number of aromatic hydroxyl groups is 1. The Balaban J connectivity index is 0.000000141. The molecule has 1 aromatic carbocycles. The number of hydrogen-bond donors (Lipinski definition) is 4. The van der Waals surface area contributed by atoms with E-state index in [0.717, 1.165) is 61.7 Å². The maximum atomic E-state index is 10.4. The topological polar surface area (TPSA) is 80.9 Å². The van der Waals surface area contributed by atoms with Gasteiger partial charge in [-0.05, 0) is 190 Å². The molecule has 0 unspecified atom stereocenters. The van der Waals surface area contributed by atoms with E-state index in [4.69, 9.17) is 0 Å². The minimum atomic E-state index is -0.140. The van der Waals surface area contributed by atoms with Gasteiger partial charge in [-0.15, -0.1) is 0 Å². The Morgan fingerprint density at radius 3 is 2.21 bits per heavy atom. The van der Waals surface area contributed by atoms with Gasteiger partial charge in [-0.3, -0.25) is 0 Å². The second-order valence-electron chi connectivity index (χ2n) is 17.5. The van der Waals surface area contributed by atoms with Gasteiger partial charge in [-0.2, -0.15) is 0 Å². The first-order chi connectivity index (χ1) is 20.5. The molecule has 1 aromatic rings. The minimum Gasteiger partial charge on any atom is -0.508 e. The van der Waals surface area contributed by atoms with E-state index in [9.17, 15) is 20.4 Å². The van der Waals surface area contributed by atoms with Gasteiger partial charge in [-0.25, -0.2) is 0 Å². The summed E-state index contributed by atoms with van der Waals surface area (Å²) in [7, 11) is 0. The van der Waals surface area contributed by atoms with Crippen LogP contribution in [-0.2, 0) is 6.42 Å². The van der Waals surface area contributed by atoms with E-state index in [1.54, 1.807) is 0 Å². The predicted molar refractivity (Wildman–Crippen MR) is 172 cm³/mol. The Morgan fingerprint density at radius 1 is 0.721 bits per heavy atom. The average Bonchev–Trinajstić information content (AvgIpc) is 3.49. The van der Waals surface area contributed by atoms with Gasteiger partial charge >= 0.3 is 0 Å². The number of hydrogen-bond acceptors (Lipinski definition) is 4. The van der Waals surface area contributed by atoms with E-state index in [2.05, 4.69) is 26.8 Å². The van der Waals surface area contributed by atoms with Crippen LogP contribution in [0.3, 0.4) is 0 Å². The molecule has 0 radical (unpaired) electrons. The molecule has 4 N–H and O–H groups in total. The fraction of sp³-hybridized carbons (Fsp3) is 0.846. The Bertz CT molecular complexity index is 1180. The molecule has 4 nitrogen and oxygen atoms in total. The monoisotopic (exact) mass is 592 g/mol. The van der Waals surface area contributed by atoms with Gasteiger partial charge in [0.25, 0.3) is 0 Å². The molecule has 0 bridgehead atoms. The molecule has 0 spiro atoms. The fourth-order valence-corrected chi connectivity index (χ4v) is 13.6. The Morgan fingerprint density at radius 2 is 1.42 bits per heavy atom. The summed E-state index contributed by atoms with van der Waals surface area (Å²) in [5.74, 6) is 6.36. The zero-order valence-electron chi connectivity index (χ0n) is 27.5. The second kappa shape index (κ2) is 11.0.